The van der Waals surface area contributed by atoms with Crippen molar-refractivity contribution in [1.82, 2.24) is 14.5 Å². The highest BCUT2D eigenvalue weighted by Gasteiger charge is 2.21. The van der Waals surface area contributed by atoms with E-state index in [1.807, 2.05) is 30.3 Å². The van der Waals surface area contributed by atoms with E-state index in [9.17, 15) is 4.79 Å². The Morgan fingerprint density at radius 2 is 2.09 bits per heavy atom. The van der Waals surface area contributed by atoms with Gasteiger partial charge in [0, 0.05) is 18.0 Å². The van der Waals surface area contributed by atoms with Gasteiger partial charge in [0.1, 0.15) is 4.64 Å². The third kappa shape index (κ3) is 2.56. The molecular weight excluding hydrogens is 326 g/mol. The fourth-order valence-corrected chi connectivity index (χ4v) is 4.82. The topological polar surface area (TPSA) is 41.0 Å². The number of thiophene rings is 1. The Balaban J connectivity index is 1.88. The number of nitrogens with one attached hydrogen (secondary N) is 1. The first-order valence-corrected chi connectivity index (χ1v) is 8.86. The van der Waals surface area contributed by atoms with E-state index in [1.54, 1.807) is 15.9 Å². The number of nitrogens with zero attached hydrogens (tertiary/aromatic N) is 2. The molecule has 3 heterocycles. The van der Waals surface area contributed by atoms with Crippen LogP contribution in [0.4, 0.5) is 0 Å². The van der Waals surface area contributed by atoms with Crippen LogP contribution in [-0.4, -0.2) is 28.0 Å². The van der Waals surface area contributed by atoms with Crippen molar-refractivity contribution >= 4 is 33.8 Å². The minimum Gasteiger partial charge on any atom is -0.306 e. The molecule has 0 radical (unpaired) electrons. The maximum atomic E-state index is 12.5. The summed E-state index contributed by atoms with van der Waals surface area (Å²) < 4.78 is 3.35. The van der Waals surface area contributed by atoms with E-state index in [2.05, 4.69) is 16.9 Å². The van der Waals surface area contributed by atoms with Gasteiger partial charge in [0.25, 0.3) is 0 Å². The zero-order valence-electron chi connectivity index (χ0n) is 12.8. The molecule has 0 spiro atoms. The fourth-order valence-electron chi connectivity index (χ4n) is 3.11. The summed E-state index contributed by atoms with van der Waals surface area (Å²) in [5.41, 5.74) is 3.19. The number of rotatable bonds is 2. The van der Waals surface area contributed by atoms with Crippen molar-refractivity contribution in [2.75, 3.05) is 13.6 Å². The molecule has 0 atom stereocenters. The molecule has 1 aliphatic rings. The van der Waals surface area contributed by atoms with Crippen molar-refractivity contribution < 1.29 is 0 Å². The third-order valence-corrected chi connectivity index (χ3v) is 6.12. The lowest BCUT2D eigenvalue weighted by molar-refractivity contribution is 0.317. The van der Waals surface area contributed by atoms with E-state index >= 15 is 0 Å². The normalized spacial score (nSPS) is 15.0. The molecule has 4 nitrogen and oxygen atoms in total. The van der Waals surface area contributed by atoms with Crippen LogP contribution in [0.1, 0.15) is 16.0 Å². The van der Waals surface area contributed by atoms with Crippen LogP contribution in [-0.2, 0) is 19.5 Å². The van der Waals surface area contributed by atoms with Crippen molar-refractivity contribution in [2.45, 2.75) is 19.5 Å². The second-order valence-electron chi connectivity index (χ2n) is 6.00. The number of aromatic nitrogens is 2. The van der Waals surface area contributed by atoms with Crippen LogP contribution in [0.5, 0.6) is 0 Å². The van der Waals surface area contributed by atoms with E-state index in [0.717, 1.165) is 35.3 Å². The highest BCUT2D eigenvalue weighted by molar-refractivity contribution is 7.71. The van der Waals surface area contributed by atoms with Gasteiger partial charge in [-0.2, -0.15) is 0 Å². The molecule has 1 N–H and O–H groups in total. The van der Waals surface area contributed by atoms with Crippen molar-refractivity contribution in [2.24, 2.45) is 0 Å². The monoisotopic (exact) mass is 343 g/mol. The summed E-state index contributed by atoms with van der Waals surface area (Å²) in [7, 11) is 2.13. The minimum absolute atomic E-state index is 0.120. The van der Waals surface area contributed by atoms with Crippen LogP contribution >= 0.6 is 23.6 Å². The molecule has 0 bridgehead atoms. The maximum absolute atomic E-state index is 12.5. The first-order valence-electron chi connectivity index (χ1n) is 7.63. The van der Waals surface area contributed by atoms with Gasteiger partial charge in [-0.1, -0.05) is 42.5 Å². The lowest BCUT2D eigenvalue weighted by Crippen LogP contribution is -2.26. The summed E-state index contributed by atoms with van der Waals surface area (Å²) in [6, 6.07) is 9.95. The van der Waals surface area contributed by atoms with E-state index in [1.165, 1.54) is 10.4 Å². The molecule has 0 aliphatic carbocycles. The highest BCUT2D eigenvalue weighted by Crippen LogP contribution is 2.33. The second kappa shape index (κ2) is 5.70. The fraction of sp³-hybridized carbons (Fsp3) is 0.294. The lowest BCUT2D eigenvalue weighted by atomic mass is 10.1. The number of hydrogen-bond donors (Lipinski definition) is 1. The summed E-state index contributed by atoms with van der Waals surface area (Å²) in [6.45, 7) is 2.46. The maximum Gasteiger partial charge on any atom is 0.327 e. The van der Waals surface area contributed by atoms with E-state index in [-0.39, 0.29) is 5.69 Å². The van der Waals surface area contributed by atoms with Crippen LogP contribution in [0.15, 0.2) is 35.1 Å². The zero-order valence-corrected chi connectivity index (χ0v) is 14.5. The van der Waals surface area contributed by atoms with Crippen LogP contribution < -0.4 is 5.69 Å². The lowest BCUT2D eigenvalue weighted by Gasteiger charge is -2.21. The Morgan fingerprint density at radius 1 is 1.30 bits per heavy atom. The molecule has 23 heavy (non-hydrogen) atoms. The van der Waals surface area contributed by atoms with Crippen LogP contribution in [0.25, 0.3) is 10.2 Å². The molecule has 3 aromatic rings. The number of hydrogen-bond acceptors (Lipinski definition) is 4. The quantitative estimate of drug-likeness (QED) is 0.727. The number of fused-ring (bicyclic) bond motifs is 3. The van der Waals surface area contributed by atoms with Crippen LogP contribution in [0.2, 0.25) is 0 Å². The molecule has 0 saturated carbocycles. The molecule has 4 rings (SSSR count). The van der Waals surface area contributed by atoms with E-state index < -0.39 is 0 Å². The van der Waals surface area contributed by atoms with E-state index in [0.29, 0.717) is 11.2 Å². The van der Waals surface area contributed by atoms with Crippen molar-refractivity contribution in [3.63, 3.8) is 0 Å². The van der Waals surface area contributed by atoms with Gasteiger partial charge < -0.3 is 9.88 Å². The molecule has 0 unspecified atom stereocenters. The molecule has 6 heteroatoms. The van der Waals surface area contributed by atoms with Gasteiger partial charge >= 0.3 is 5.69 Å². The Morgan fingerprint density at radius 3 is 2.87 bits per heavy atom. The van der Waals surface area contributed by atoms with Crippen molar-refractivity contribution in [1.29, 1.82) is 0 Å². The van der Waals surface area contributed by atoms with Gasteiger partial charge in [-0.3, -0.25) is 4.57 Å². The third-order valence-electron chi connectivity index (χ3n) is 4.35. The van der Waals surface area contributed by atoms with Gasteiger partial charge in [-0.25, -0.2) is 4.79 Å². The molecule has 1 aliphatic heterocycles. The summed E-state index contributed by atoms with van der Waals surface area (Å²) >= 11 is 7.37. The Bertz CT molecular complexity index is 985. The first kappa shape index (κ1) is 14.8. The van der Waals surface area contributed by atoms with Crippen LogP contribution in [0.3, 0.4) is 0 Å². The molecule has 1 aromatic carbocycles. The van der Waals surface area contributed by atoms with Crippen LogP contribution in [0, 0.1) is 4.64 Å². The van der Waals surface area contributed by atoms with Crippen molar-refractivity contribution in [3.8, 4) is 0 Å². The SMILES string of the molecule is CN1CCc2c(sc3c(=S)n(Cc4ccccc4)c(=O)[nH]c23)C1. The van der Waals surface area contributed by atoms with Gasteiger partial charge in [0.05, 0.1) is 16.8 Å². The Kier molecular flexibility index (Phi) is 3.67. The zero-order chi connectivity index (χ0) is 16.0. The summed E-state index contributed by atoms with van der Waals surface area (Å²) in [6.07, 6.45) is 0.971. The van der Waals surface area contributed by atoms with Crippen molar-refractivity contribution in [3.05, 3.63) is 61.5 Å². The predicted octanol–water partition coefficient (Wildman–Crippen LogP) is 3.16. The number of aromatic amines is 1. The molecule has 0 saturated heterocycles. The summed E-state index contributed by atoms with van der Waals surface area (Å²) in [5.74, 6) is 0. The molecule has 118 valence electrons. The number of benzene rings is 1. The highest BCUT2D eigenvalue weighted by atomic mass is 32.1. The minimum atomic E-state index is -0.120. The number of H-pyrrole nitrogens is 1. The van der Waals surface area contributed by atoms with Gasteiger partial charge in [-0.05, 0) is 24.6 Å². The Hall–Kier alpha value is -1.76. The Labute approximate surface area is 143 Å². The second-order valence-corrected chi connectivity index (χ2v) is 7.49. The smallest absolute Gasteiger partial charge is 0.306 e. The average molecular weight is 343 g/mol. The summed E-state index contributed by atoms with van der Waals surface area (Å²) in [5, 5.41) is 0. The van der Waals surface area contributed by atoms with Gasteiger partial charge in [0.2, 0.25) is 0 Å². The molecular formula is C17H17N3OS2. The molecule has 0 amide bonds. The summed E-state index contributed by atoms with van der Waals surface area (Å²) in [4.78, 5) is 19.2. The average Bonchev–Trinajstić information content (AvgIpc) is 2.90. The standard InChI is InChI=1S/C17H17N3OS2/c1-19-8-7-12-13(10-19)23-15-14(12)18-17(21)20(16(15)22)9-11-5-3-2-4-6-11/h2-6H,7-10H2,1H3,(H,18,21). The molecule has 2 aromatic heterocycles. The first-order chi connectivity index (χ1) is 11.1. The van der Waals surface area contributed by atoms with Gasteiger partial charge in [-0.15, -0.1) is 11.3 Å². The van der Waals surface area contributed by atoms with Gasteiger partial charge in [0.15, 0.2) is 0 Å². The van der Waals surface area contributed by atoms with E-state index in [4.69, 9.17) is 12.2 Å². The predicted molar refractivity (Wildman–Crippen MR) is 96.9 cm³/mol. The molecule has 0 fully saturated rings. The largest absolute Gasteiger partial charge is 0.327 e. The number of likely N-dealkylation sites (N-methyl/N-ethyl adjacent to an activating group) is 1.